The number of esters is 2. The monoisotopic (exact) mass is 710 g/mol. The van der Waals surface area contributed by atoms with Gasteiger partial charge in [-0.2, -0.15) is 0 Å². The van der Waals surface area contributed by atoms with Gasteiger partial charge in [-0.1, -0.05) is 0 Å². The van der Waals surface area contributed by atoms with Crippen LogP contribution in [-0.4, -0.2) is 88.4 Å². The highest BCUT2D eigenvalue weighted by atomic mass is 32.2. The minimum absolute atomic E-state index is 0.359. The van der Waals surface area contributed by atoms with E-state index in [1.54, 1.807) is 47.8 Å². The summed E-state index contributed by atoms with van der Waals surface area (Å²) in [5.74, 6) is 0.0750. The molecule has 0 fully saturated rings. The number of carbonyl (C=O) groups excluding carboxylic acids is 4. The highest BCUT2D eigenvalue weighted by Gasteiger charge is 2.18. The molecule has 2 aromatic rings. The number of amides is 2. The van der Waals surface area contributed by atoms with Crippen LogP contribution < -0.4 is 20.1 Å². The summed E-state index contributed by atoms with van der Waals surface area (Å²) in [6.45, 7) is 12.4. The van der Waals surface area contributed by atoms with Gasteiger partial charge in [-0.05, 0) is 103 Å². The Morgan fingerprint density at radius 2 is 0.979 bits per heavy atom. The second kappa shape index (κ2) is 21.2. The molecule has 0 aromatic heterocycles. The Morgan fingerprint density at radius 3 is 1.27 bits per heavy atom. The summed E-state index contributed by atoms with van der Waals surface area (Å²) in [7, 11) is 2.67. The van der Waals surface area contributed by atoms with Gasteiger partial charge in [0.25, 0.3) is 0 Å². The van der Waals surface area contributed by atoms with Crippen molar-refractivity contribution in [1.82, 2.24) is 10.6 Å². The Morgan fingerprint density at radius 1 is 0.625 bits per heavy atom. The summed E-state index contributed by atoms with van der Waals surface area (Å²) >= 11 is 3.12. The van der Waals surface area contributed by atoms with Gasteiger partial charge in [-0.15, -0.1) is 23.5 Å². The van der Waals surface area contributed by atoms with Crippen molar-refractivity contribution in [3.05, 3.63) is 47.5 Å². The quantitative estimate of drug-likeness (QED) is 0.0902. The summed E-state index contributed by atoms with van der Waals surface area (Å²) in [4.78, 5) is 48.5. The third-order valence-corrected chi connectivity index (χ3v) is 7.13. The smallest absolute Gasteiger partial charge is 0.407 e. The number of carbonyl (C=O) groups is 4. The first-order valence-corrected chi connectivity index (χ1v) is 17.7. The largest absolute Gasteiger partial charge is 0.493 e. The van der Waals surface area contributed by atoms with Crippen molar-refractivity contribution in [2.75, 3.05) is 53.0 Å². The predicted octanol–water partition coefficient (Wildman–Crippen LogP) is 6.98. The van der Waals surface area contributed by atoms with E-state index in [-0.39, 0.29) is 0 Å². The topological polar surface area (TPSA) is 148 Å². The fourth-order valence-electron chi connectivity index (χ4n) is 3.57. The highest BCUT2D eigenvalue weighted by Crippen LogP contribution is 2.27. The van der Waals surface area contributed by atoms with E-state index in [4.69, 9.17) is 28.4 Å². The zero-order chi connectivity index (χ0) is 36.3. The van der Waals surface area contributed by atoms with Crippen molar-refractivity contribution in [3.8, 4) is 11.5 Å². The average molecular weight is 711 g/mol. The first-order chi connectivity index (χ1) is 22.5. The molecular weight excluding hydrogens is 661 g/mol. The maximum absolute atomic E-state index is 11.8. The molecule has 0 saturated heterocycles. The van der Waals surface area contributed by atoms with Gasteiger partial charge in [-0.25, -0.2) is 19.2 Å². The van der Waals surface area contributed by atoms with E-state index in [0.717, 1.165) is 9.79 Å². The molecule has 0 unspecified atom stereocenters. The fourth-order valence-corrected chi connectivity index (χ4v) is 4.43. The number of ether oxygens (including phenoxy) is 6. The lowest BCUT2D eigenvalue weighted by Crippen LogP contribution is -2.33. The first kappa shape index (κ1) is 42.2. The normalized spacial score (nSPS) is 10.9. The summed E-state index contributed by atoms with van der Waals surface area (Å²) in [6.07, 6.45) is 4.15. The Hall–Kier alpha value is -3.78. The maximum Gasteiger partial charge on any atom is 0.407 e. The lowest BCUT2D eigenvalue weighted by atomic mass is 10.2. The summed E-state index contributed by atoms with van der Waals surface area (Å²) in [6, 6.07) is 10.7. The average Bonchev–Trinajstić information content (AvgIpc) is 3.02. The van der Waals surface area contributed by atoms with Crippen molar-refractivity contribution < 1.29 is 47.6 Å². The molecule has 0 bridgehead atoms. The molecule has 0 radical (unpaired) electrons. The number of hydrogen-bond donors (Lipinski definition) is 2. The van der Waals surface area contributed by atoms with Crippen LogP contribution in [0.2, 0.25) is 0 Å². The lowest BCUT2D eigenvalue weighted by Gasteiger charge is -2.19. The van der Waals surface area contributed by atoms with Gasteiger partial charge in [-0.3, -0.25) is 0 Å². The van der Waals surface area contributed by atoms with E-state index in [9.17, 15) is 19.2 Å². The number of thioether (sulfide) groups is 2. The molecule has 12 nitrogen and oxygen atoms in total. The second-order valence-electron chi connectivity index (χ2n) is 12.0. The van der Waals surface area contributed by atoms with Crippen molar-refractivity contribution in [1.29, 1.82) is 0 Å². The van der Waals surface area contributed by atoms with Crippen LogP contribution in [0, 0.1) is 0 Å². The van der Waals surface area contributed by atoms with Gasteiger partial charge in [0.15, 0.2) is 0 Å². The van der Waals surface area contributed by atoms with Gasteiger partial charge in [0.2, 0.25) is 0 Å². The first-order valence-electron chi connectivity index (χ1n) is 15.3. The van der Waals surface area contributed by atoms with Gasteiger partial charge in [0.1, 0.15) is 33.8 Å². The summed E-state index contributed by atoms with van der Waals surface area (Å²) in [5.41, 5.74) is -0.270. The van der Waals surface area contributed by atoms with Crippen LogP contribution >= 0.6 is 23.5 Å². The molecule has 2 N–H and O–H groups in total. The molecule has 0 aliphatic rings. The van der Waals surface area contributed by atoms with Crippen LogP contribution in [0.3, 0.4) is 0 Å². The molecule has 2 aromatic carbocycles. The number of hydrogen-bond acceptors (Lipinski definition) is 12. The standard InChI is InChI=1S/2C17H25NO5S/c2*1-17(2,3)23-16(20)18-9-6-10-22-14-11-12(24-5)7-8-13(14)15(19)21-4/h2*7-8,11H,6,9-10H2,1-5H3,(H,18,20). The minimum atomic E-state index is -0.520. The van der Waals surface area contributed by atoms with Crippen LogP contribution in [0.25, 0.3) is 0 Å². The zero-order valence-electron chi connectivity index (χ0n) is 29.6. The van der Waals surface area contributed by atoms with Crippen LogP contribution in [0.15, 0.2) is 46.2 Å². The summed E-state index contributed by atoms with van der Waals surface area (Å²) < 4.78 is 31.2. The van der Waals surface area contributed by atoms with Gasteiger partial charge < -0.3 is 39.1 Å². The minimum Gasteiger partial charge on any atom is -0.493 e. The fraction of sp³-hybridized carbons (Fsp3) is 0.529. The number of rotatable bonds is 14. The number of nitrogens with one attached hydrogen (secondary N) is 2. The van der Waals surface area contributed by atoms with Crippen LogP contribution in [0.1, 0.15) is 75.1 Å². The van der Waals surface area contributed by atoms with E-state index < -0.39 is 35.3 Å². The molecule has 0 heterocycles. The van der Waals surface area contributed by atoms with E-state index in [1.165, 1.54) is 14.2 Å². The van der Waals surface area contributed by atoms with Crippen molar-refractivity contribution in [2.24, 2.45) is 0 Å². The molecule has 14 heteroatoms. The number of methoxy groups -OCH3 is 2. The molecule has 2 rings (SSSR count). The van der Waals surface area contributed by atoms with E-state index >= 15 is 0 Å². The third-order valence-electron chi connectivity index (χ3n) is 5.68. The van der Waals surface area contributed by atoms with E-state index in [1.807, 2.05) is 66.2 Å². The SMILES string of the molecule is COC(=O)c1ccc(SC)cc1OCCCNC(=O)OC(C)(C)C.COC(=O)c1ccc(SC)cc1OCCCNC(=O)OC(C)(C)C. The molecule has 0 aliphatic heterocycles. The second-order valence-corrected chi connectivity index (χ2v) is 13.7. The molecule has 0 aliphatic carbocycles. The van der Waals surface area contributed by atoms with Crippen molar-refractivity contribution in [2.45, 2.75) is 75.4 Å². The summed E-state index contributed by atoms with van der Waals surface area (Å²) in [5, 5.41) is 5.32. The Balaban J connectivity index is 0.000000480. The van der Waals surface area contributed by atoms with E-state index in [2.05, 4.69) is 10.6 Å². The molecule has 0 saturated carbocycles. The Bertz CT molecular complexity index is 1240. The van der Waals surface area contributed by atoms with E-state index in [0.29, 0.717) is 61.8 Å². The number of alkyl carbamates (subject to hydrolysis) is 2. The third kappa shape index (κ3) is 17.4. The van der Waals surface area contributed by atoms with Crippen LogP contribution in [0.5, 0.6) is 11.5 Å². The predicted molar refractivity (Wildman–Crippen MR) is 188 cm³/mol. The highest BCUT2D eigenvalue weighted by molar-refractivity contribution is 7.98. The van der Waals surface area contributed by atoms with Gasteiger partial charge >= 0.3 is 24.1 Å². The van der Waals surface area contributed by atoms with Crippen LogP contribution in [-0.2, 0) is 18.9 Å². The van der Waals surface area contributed by atoms with Gasteiger partial charge in [0, 0.05) is 22.9 Å². The zero-order valence-corrected chi connectivity index (χ0v) is 31.2. The van der Waals surface area contributed by atoms with Crippen LogP contribution in [0.4, 0.5) is 9.59 Å². The Kier molecular flexibility index (Phi) is 18.7. The van der Waals surface area contributed by atoms with Gasteiger partial charge in [0.05, 0.1) is 27.4 Å². The molecular formula is C34H50N2O10S2. The molecule has 268 valence electrons. The van der Waals surface area contributed by atoms with Crippen molar-refractivity contribution >= 4 is 47.6 Å². The van der Waals surface area contributed by atoms with Crippen molar-refractivity contribution in [3.63, 3.8) is 0 Å². The molecule has 2 amide bonds. The molecule has 0 atom stereocenters. The lowest BCUT2D eigenvalue weighted by molar-refractivity contribution is 0.0513. The molecule has 48 heavy (non-hydrogen) atoms. The maximum atomic E-state index is 11.8. The Labute approximate surface area is 292 Å². The number of benzene rings is 2. The molecule has 0 spiro atoms.